The maximum absolute atomic E-state index is 3.84. The van der Waals surface area contributed by atoms with Crippen LogP contribution in [0.15, 0.2) is 55.1 Å². The van der Waals surface area contributed by atoms with Crippen molar-refractivity contribution in [1.29, 1.82) is 0 Å². The van der Waals surface area contributed by atoms with Gasteiger partial charge in [-0.2, -0.15) is 0 Å². The third-order valence-electron chi connectivity index (χ3n) is 3.20. The molecule has 0 aromatic heterocycles. The summed E-state index contributed by atoms with van der Waals surface area (Å²) in [6.07, 6.45) is 9.57. The molecule has 1 aliphatic rings. The van der Waals surface area contributed by atoms with E-state index in [0.717, 1.165) is 12.8 Å². The highest BCUT2D eigenvalue weighted by Crippen LogP contribution is 2.40. The lowest BCUT2D eigenvalue weighted by Gasteiger charge is -2.14. The average molecular weight is 210 g/mol. The summed E-state index contributed by atoms with van der Waals surface area (Å²) in [5, 5.41) is 0. The van der Waals surface area contributed by atoms with E-state index in [9.17, 15) is 0 Å². The van der Waals surface area contributed by atoms with E-state index in [1.54, 1.807) is 0 Å². The summed E-state index contributed by atoms with van der Waals surface area (Å²) >= 11 is 0. The van der Waals surface area contributed by atoms with E-state index in [4.69, 9.17) is 0 Å². The molecule has 0 radical (unpaired) electrons. The predicted molar refractivity (Wildman–Crippen MR) is 71.4 cm³/mol. The van der Waals surface area contributed by atoms with E-state index in [-0.39, 0.29) is 0 Å². The molecule has 0 aliphatic heterocycles. The van der Waals surface area contributed by atoms with Crippen LogP contribution in [0.4, 0.5) is 0 Å². The third kappa shape index (κ3) is 2.01. The van der Waals surface area contributed by atoms with Crippen LogP contribution in [0.3, 0.4) is 0 Å². The first kappa shape index (κ1) is 10.9. The first-order valence-corrected chi connectivity index (χ1v) is 5.88. The molecule has 0 amide bonds. The molecule has 0 heterocycles. The molecular weight excluding hydrogens is 192 g/mol. The summed E-state index contributed by atoms with van der Waals surface area (Å²) < 4.78 is 0. The fraction of sp³-hybridized carbons (Fsp3) is 0.250. The van der Waals surface area contributed by atoms with E-state index in [1.165, 1.54) is 23.1 Å². The van der Waals surface area contributed by atoms with Gasteiger partial charge in [0.15, 0.2) is 0 Å². The third-order valence-corrected chi connectivity index (χ3v) is 3.20. The Morgan fingerprint density at radius 2 is 1.94 bits per heavy atom. The highest BCUT2D eigenvalue weighted by atomic mass is 14.3. The Bertz CT molecular complexity index is 423. The first-order valence-electron chi connectivity index (χ1n) is 5.88. The molecule has 1 aromatic carbocycles. The summed E-state index contributed by atoms with van der Waals surface area (Å²) in [5.41, 5.74) is 4.35. The molecule has 2 rings (SSSR count). The van der Waals surface area contributed by atoms with Gasteiger partial charge >= 0.3 is 0 Å². The van der Waals surface area contributed by atoms with Crippen molar-refractivity contribution in [2.75, 3.05) is 0 Å². The van der Waals surface area contributed by atoms with Crippen molar-refractivity contribution >= 4 is 6.08 Å². The Hall–Kier alpha value is -1.56. The molecule has 82 valence electrons. The largest absolute Gasteiger partial charge is 0.103 e. The van der Waals surface area contributed by atoms with Crippen LogP contribution >= 0.6 is 0 Å². The van der Waals surface area contributed by atoms with Crippen molar-refractivity contribution < 1.29 is 0 Å². The SMILES string of the molecule is C=CCCC1C(CC=C)=Cc2ccccc21. The molecule has 0 heteroatoms. The topological polar surface area (TPSA) is 0 Å². The average Bonchev–Trinajstić information content (AvgIpc) is 2.65. The van der Waals surface area contributed by atoms with Gasteiger partial charge in [0.05, 0.1) is 0 Å². The second-order valence-corrected chi connectivity index (χ2v) is 4.26. The zero-order valence-corrected chi connectivity index (χ0v) is 9.65. The number of rotatable bonds is 5. The Balaban J connectivity index is 2.27. The summed E-state index contributed by atoms with van der Waals surface area (Å²) in [6.45, 7) is 7.65. The Morgan fingerprint density at radius 3 is 2.69 bits per heavy atom. The quantitative estimate of drug-likeness (QED) is 0.617. The van der Waals surface area contributed by atoms with Gasteiger partial charge in [-0.25, -0.2) is 0 Å². The van der Waals surface area contributed by atoms with Crippen LogP contribution < -0.4 is 0 Å². The van der Waals surface area contributed by atoms with Crippen LogP contribution in [0.2, 0.25) is 0 Å². The van der Waals surface area contributed by atoms with Gasteiger partial charge in [0.1, 0.15) is 0 Å². The number of allylic oxidation sites excluding steroid dienone is 3. The van der Waals surface area contributed by atoms with E-state index in [2.05, 4.69) is 43.5 Å². The van der Waals surface area contributed by atoms with Crippen LogP contribution in [0, 0.1) is 0 Å². The summed E-state index contributed by atoms with van der Waals surface area (Å²) in [6, 6.07) is 8.68. The van der Waals surface area contributed by atoms with Crippen molar-refractivity contribution in [3.8, 4) is 0 Å². The minimum Gasteiger partial charge on any atom is -0.103 e. The molecule has 0 bridgehead atoms. The maximum atomic E-state index is 3.84. The highest BCUT2D eigenvalue weighted by molar-refractivity contribution is 5.66. The minimum absolute atomic E-state index is 0.576. The van der Waals surface area contributed by atoms with Crippen LogP contribution in [0.5, 0.6) is 0 Å². The normalized spacial score (nSPS) is 17.8. The van der Waals surface area contributed by atoms with E-state index in [0.29, 0.717) is 5.92 Å². The molecule has 0 nitrogen and oxygen atoms in total. The maximum Gasteiger partial charge on any atom is 0.00634 e. The Morgan fingerprint density at radius 1 is 1.12 bits per heavy atom. The van der Waals surface area contributed by atoms with Gasteiger partial charge in [-0.05, 0) is 30.4 Å². The number of benzene rings is 1. The van der Waals surface area contributed by atoms with Gasteiger partial charge in [0.25, 0.3) is 0 Å². The van der Waals surface area contributed by atoms with Crippen LogP contribution in [0.25, 0.3) is 6.08 Å². The van der Waals surface area contributed by atoms with E-state index in [1.807, 2.05) is 12.2 Å². The highest BCUT2D eigenvalue weighted by Gasteiger charge is 2.22. The van der Waals surface area contributed by atoms with Gasteiger partial charge in [0, 0.05) is 5.92 Å². The monoisotopic (exact) mass is 210 g/mol. The molecule has 1 atom stereocenters. The van der Waals surface area contributed by atoms with Crippen molar-refractivity contribution in [3.05, 3.63) is 66.3 Å². The Kier molecular flexibility index (Phi) is 3.40. The van der Waals surface area contributed by atoms with Crippen molar-refractivity contribution in [1.82, 2.24) is 0 Å². The smallest absolute Gasteiger partial charge is 0.00634 e. The summed E-state index contributed by atoms with van der Waals surface area (Å²) in [5.74, 6) is 0.576. The number of fused-ring (bicyclic) bond motifs is 1. The second kappa shape index (κ2) is 4.98. The Labute approximate surface area is 98.0 Å². The second-order valence-electron chi connectivity index (χ2n) is 4.26. The lowest BCUT2D eigenvalue weighted by Crippen LogP contribution is -1.98. The van der Waals surface area contributed by atoms with Gasteiger partial charge in [-0.3, -0.25) is 0 Å². The molecule has 0 saturated carbocycles. The molecule has 1 unspecified atom stereocenters. The van der Waals surface area contributed by atoms with Crippen molar-refractivity contribution in [3.63, 3.8) is 0 Å². The van der Waals surface area contributed by atoms with Crippen LogP contribution in [-0.2, 0) is 0 Å². The zero-order chi connectivity index (χ0) is 11.4. The van der Waals surface area contributed by atoms with Crippen LogP contribution in [0.1, 0.15) is 36.3 Å². The van der Waals surface area contributed by atoms with Gasteiger partial charge in [0.2, 0.25) is 0 Å². The summed E-state index contributed by atoms with van der Waals surface area (Å²) in [4.78, 5) is 0. The molecule has 0 saturated heterocycles. The van der Waals surface area contributed by atoms with Crippen LogP contribution in [-0.4, -0.2) is 0 Å². The molecule has 1 aliphatic carbocycles. The lowest BCUT2D eigenvalue weighted by molar-refractivity contribution is 0.716. The lowest BCUT2D eigenvalue weighted by atomic mass is 9.90. The van der Waals surface area contributed by atoms with E-state index >= 15 is 0 Å². The number of hydrogen-bond acceptors (Lipinski definition) is 0. The molecular formula is C16H18. The minimum atomic E-state index is 0.576. The molecule has 16 heavy (non-hydrogen) atoms. The van der Waals surface area contributed by atoms with Gasteiger partial charge in [-0.15, -0.1) is 13.2 Å². The van der Waals surface area contributed by atoms with Gasteiger partial charge in [-0.1, -0.05) is 48.1 Å². The molecule has 1 aromatic rings. The fourth-order valence-corrected chi connectivity index (χ4v) is 2.45. The zero-order valence-electron chi connectivity index (χ0n) is 9.65. The predicted octanol–water partition coefficient (Wildman–Crippen LogP) is 4.71. The molecule has 0 N–H and O–H groups in total. The van der Waals surface area contributed by atoms with Gasteiger partial charge < -0.3 is 0 Å². The van der Waals surface area contributed by atoms with Crippen molar-refractivity contribution in [2.24, 2.45) is 0 Å². The first-order chi connectivity index (χ1) is 7.86. The number of hydrogen-bond donors (Lipinski definition) is 0. The van der Waals surface area contributed by atoms with Crippen molar-refractivity contribution in [2.45, 2.75) is 25.2 Å². The summed E-state index contributed by atoms with van der Waals surface area (Å²) in [7, 11) is 0. The standard InChI is InChI=1S/C16H18/c1-3-5-10-15-13(8-4-2)12-14-9-6-7-11-16(14)15/h3-4,6-7,9,11-12,15H,1-2,5,8,10H2. The molecule has 0 spiro atoms. The van der Waals surface area contributed by atoms with E-state index < -0.39 is 0 Å². The fourth-order valence-electron chi connectivity index (χ4n) is 2.45. The molecule has 0 fully saturated rings.